The van der Waals surface area contributed by atoms with Crippen molar-refractivity contribution in [1.82, 2.24) is 9.97 Å². The molecule has 0 bridgehead atoms. The molecule has 1 rings (SSSR count). The zero-order valence-electron chi connectivity index (χ0n) is 8.33. The molecule has 0 spiro atoms. The van der Waals surface area contributed by atoms with Crippen LogP contribution in [0.25, 0.3) is 0 Å². The van der Waals surface area contributed by atoms with Crippen molar-refractivity contribution in [2.75, 3.05) is 18.5 Å². The summed E-state index contributed by atoms with van der Waals surface area (Å²) in [5.74, 6) is 0.868. The van der Waals surface area contributed by atoms with Crippen LogP contribution in [0, 0.1) is 3.57 Å². The maximum atomic E-state index is 5.40. The molecule has 0 unspecified atom stereocenters. The van der Waals surface area contributed by atoms with E-state index in [2.05, 4.69) is 37.9 Å². The Hall–Kier alpha value is -0.430. The van der Waals surface area contributed by atoms with Crippen molar-refractivity contribution in [1.29, 1.82) is 0 Å². The van der Waals surface area contributed by atoms with Crippen LogP contribution in [0.3, 0.4) is 0 Å². The van der Waals surface area contributed by atoms with Crippen LogP contribution < -0.4 is 5.32 Å². The minimum Gasteiger partial charge on any atom is -0.377 e. The number of halogens is 1. The molecule has 0 saturated heterocycles. The van der Waals surface area contributed by atoms with Crippen LogP contribution >= 0.6 is 22.6 Å². The van der Waals surface area contributed by atoms with Gasteiger partial charge in [0.15, 0.2) is 0 Å². The Bertz CT molecular complexity index is 281. The minimum atomic E-state index is 0.279. The van der Waals surface area contributed by atoms with E-state index in [9.17, 15) is 0 Å². The summed E-state index contributed by atoms with van der Waals surface area (Å²) in [6.07, 6.45) is 3.59. The van der Waals surface area contributed by atoms with Gasteiger partial charge in [0.2, 0.25) is 0 Å². The lowest BCUT2D eigenvalue weighted by molar-refractivity contribution is 0.0870. The van der Waals surface area contributed by atoms with E-state index in [4.69, 9.17) is 4.74 Å². The quantitative estimate of drug-likeness (QED) is 0.667. The number of ether oxygens (including phenoxy) is 1. The number of nitrogens with zero attached hydrogens (tertiary/aromatic N) is 2. The monoisotopic (exact) mass is 307 g/mol. The maximum absolute atomic E-state index is 5.40. The van der Waals surface area contributed by atoms with Crippen molar-refractivity contribution in [3.63, 3.8) is 0 Å². The van der Waals surface area contributed by atoms with Crippen LogP contribution in [0.5, 0.6) is 0 Å². The lowest BCUT2D eigenvalue weighted by Gasteiger charge is -2.09. The van der Waals surface area contributed by atoms with Gasteiger partial charge in [0.25, 0.3) is 0 Å². The molecule has 0 saturated carbocycles. The Kier molecular flexibility index (Phi) is 5.10. The summed E-state index contributed by atoms with van der Waals surface area (Å²) in [5.41, 5.74) is 0. The maximum Gasteiger partial charge on any atom is 0.142 e. The second-order valence-corrected chi connectivity index (χ2v) is 4.23. The summed E-state index contributed by atoms with van der Waals surface area (Å²) >= 11 is 2.20. The predicted molar refractivity (Wildman–Crippen MR) is 64.3 cm³/mol. The van der Waals surface area contributed by atoms with Crippen molar-refractivity contribution in [2.24, 2.45) is 0 Å². The van der Waals surface area contributed by atoms with E-state index in [1.165, 1.54) is 6.33 Å². The summed E-state index contributed by atoms with van der Waals surface area (Å²) in [7, 11) is 0. The molecule has 5 heteroatoms. The van der Waals surface area contributed by atoms with E-state index in [0.29, 0.717) is 6.61 Å². The van der Waals surface area contributed by atoms with Crippen molar-refractivity contribution >= 4 is 28.4 Å². The predicted octanol–water partition coefficient (Wildman–Crippen LogP) is 1.92. The topological polar surface area (TPSA) is 47.0 Å². The zero-order valence-corrected chi connectivity index (χ0v) is 10.5. The van der Waals surface area contributed by atoms with Gasteiger partial charge in [-0.25, -0.2) is 9.97 Å². The molecule has 1 N–H and O–H groups in total. The number of nitrogens with one attached hydrogen (secondary N) is 1. The highest BCUT2D eigenvalue weighted by atomic mass is 127. The summed E-state index contributed by atoms with van der Waals surface area (Å²) in [4.78, 5) is 8.02. The molecule has 0 aliphatic carbocycles. The number of rotatable bonds is 5. The van der Waals surface area contributed by atoms with Gasteiger partial charge in [-0.05, 0) is 36.4 Å². The molecular weight excluding hydrogens is 293 g/mol. The second-order valence-electron chi connectivity index (χ2n) is 3.07. The zero-order chi connectivity index (χ0) is 10.4. The molecular formula is C9H14IN3O. The number of aromatic nitrogens is 2. The summed E-state index contributed by atoms with van der Waals surface area (Å²) in [6, 6.07) is 0. The molecule has 0 aliphatic heterocycles. The van der Waals surface area contributed by atoms with E-state index >= 15 is 0 Å². The molecule has 0 radical (unpaired) electrons. The van der Waals surface area contributed by atoms with Gasteiger partial charge >= 0.3 is 0 Å². The van der Waals surface area contributed by atoms with Crippen molar-refractivity contribution < 1.29 is 4.74 Å². The Balaban J connectivity index is 2.28. The van der Waals surface area contributed by atoms with Crippen molar-refractivity contribution in [3.8, 4) is 0 Å². The lowest BCUT2D eigenvalue weighted by Crippen LogP contribution is -2.14. The number of anilines is 1. The Morgan fingerprint density at radius 3 is 3.00 bits per heavy atom. The van der Waals surface area contributed by atoms with Gasteiger partial charge in [0.1, 0.15) is 12.1 Å². The third kappa shape index (κ3) is 4.19. The van der Waals surface area contributed by atoms with Gasteiger partial charge in [-0.3, -0.25) is 0 Å². The minimum absolute atomic E-state index is 0.279. The molecule has 0 fully saturated rings. The largest absolute Gasteiger partial charge is 0.377 e. The average Bonchev–Trinajstić information content (AvgIpc) is 2.15. The SMILES string of the molecule is CC(C)OCCNc1ncncc1I. The van der Waals surface area contributed by atoms with Crippen molar-refractivity contribution in [3.05, 3.63) is 16.1 Å². The van der Waals surface area contributed by atoms with Gasteiger partial charge in [-0.1, -0.05) is 0 Å². The fourth-order valence-electron chi connectivity index (χ4n) is 0.907. The van der Waals surface area contributed by atoms with Crippen LogP contribution in [0.4, 0.5) is 5.82 Å². The first-order valence-electron chi connectivity index (χ1n) is 4.51. The number of hydrogen-bond acceptors (Lipinski definition) is 4. The first-order valence-corrected chi connectivity index (χ1v) is 5.59. The van der Waals surface area contributed by atoms with Gasteiger partial charge in [0.05, 0.1) is 16.3 Å². The van der Waals surface area contributed by atoms with Gasteiger partial charge in [0, 0.05) is 12.7 Å². The van der Waals surface area contributed by atoms with E-state index < -0.39 is 0 Å². The first-order chi connectivity index (χ1) is 6.70. The van der Waals surface area contributed by atoms with Crippen LogP contribution in [0.15, 0.2) is 12.5 Å². The van der Waals surface area contributed by atoms with Crippen LogP contribution in [0.1, 0.15) is 13.8 Å². The standard InChI is InChI=1S/C9H14IN3O/c1-7(2)14-4-3-12-9-8(10)5-11-6-13-9/h5-7H,3-4H2,1-2H3,(H,11,12,13). The van der Waals surface area contributed by atoms with E-state index in [1.807, 2.05) is 13.8 Å². The molecule has 0 atom stereocenters. The first kappa shape index (κ1) is 11.6. The Morgan fingerprint density at radius 2 is 2.36 bits per heavy atom. The second kappa shape index (κ2) is 6.13. The smallest absolute Gasteiger partial charge is 0.142 e. The fourth-order valence-corrected chi connectivity index (χ4v) is 1.40. The van der Waals surface area contributed by atoms with Gasteiger partial charge in [-0.2, -0.15) is 0 Å². The summed E-state index contributed by atoms with van der Waals surface area (Å²) in [5, 5.41) is 3.18. The van der Waals surface area contributed by atoms with Gasteiger partial charge in [-0.15, -0.1) is 0 Å². The molecule has 4 nitrogen and oxygen atoms in total. The molecule has 1 aromatic heterocycles. The average molecular weight is 307 g/mol. The molecule has 14 heavy (non-hydrogen) atoms. The Morgan fingerprint density at radius 1 is 1.57 bits per heavy atom. The molecule has 0 aliphatic rings. The number of hydrogen-bond donors (Lipinski definition) is 1. The highest BCUT2D eigenvalue weighted by molar-refractivity contribution is 14.1. The Labute approximate surface area is 97.6 Å². The lowest BCUT2D eigenvalue weighted by atomic mass is 10.5. The normalized spacial score (nSPS) is 10.6. The molecule has 0 amide bonds. The fraction of sp³-hybridized carbons (Fsp3) is 0.556. The van der Waals surface area contributed by atoms with E-state index in [-0.39, 0.29) is 6.10 Å². The third-order valence-electron chi connectivity index (χ3n) is 1.51. The molecule has 78 valence electrons. The summed E-state index contributed by atoms with van der Waals surface area (Å²) in [6.45, 7) is 5.51. The van der Waals surface area contributed by atoms with E-state index in [1.54, 1.807) is 6.20 Å². The van der Waals surface area contributed by atoms with Crippen LogP contribution in [-0.4, -0.2) is 29.2 Å². The van der Waals surface area contributed by atoms with Crippen molar-refractivity contribution in [2.45, 2.75) is 20.0 Å². The molecule has 0 aromatic carbocycles. The van der Waals surface area contributed by atoms with Crippen LogP contribution in [-0.2, 0) is 4.74 Å². The highest BCUT2D eigenvalue weighted by Gasteiger charge is 1.99. The highest BCUT2D eigenvalue weighted by Crippen LogP contribution is 2.11. The molecule has 1 heterocycles. The third-order valence-corrected chi connectivity index (χ3v) is 2.30. The van der Waals surface area contributed by atoms with Gasteiger partial charge < -0.3 is 10.1 Å². The van der Waals surface area contributed by atoms with E-state index in [0.717, 1.165) is 15.9 Å². The molecule has 1 aromatic rings. The summed E-state index contributed by atoms with van der Waals surface area (Å²) < 4.78 is 6.42. The van der Waals surface area contributed by atoms with Crippen LogP contribution in [0.2, 0.25) is 0 Å².